The summed E-state index contributed by atoms with van der Waals surface area (Å²) in [5, 5.41) is 10.3. The van der Waals surface area contributed by atoms with Gasteiger partial charge in [0.2, 0.25) is 0 Å². The number of benzene rings is 2. The van der Waals surface area contributed by atoms with Crippen LogP contribution in [0.25, 0.3) is 0 Å². The first-order valence-corrected chi connectivity index (χ1v) is 8.06. The zero-order valence-corrected chi connectivity index (χ0v) is 13.5. The van der Waals surface area contributed by atoms with E-state index in [1.807, 2.05) is 30.3 Å². The summed E-state index contributed by atoms with van der Waals surface area (Å²) < 4.78 is 0. The van der Waals surface area contributed by atoms with Gasteiger partial charge in [0.05, 0.1) is 21.7 Å². The minimum atomic E-state index is 0.0934. The van der Waals surface area contributed by atoms with Gasteiger partial charge in [-0.1, -0.05) is 35.3 Å². The molecule has 22 heavy (non-hydrogen) atoms. The van der Waals surface area contributed by atoms with E-state index in [0.717, 1.165) is 24.8 Å². The van der Waals surface area contributed by atoms with E-state index in [9.17, 15) is 0 Å². The fourth-order valence-electron chi connectivity index (χ4n) is 3.17. The Kier molecular flexibility index (Phi) is 4.40. The van der Waals surface area contributed by atoms with Crippen LogP contribution in [0.1, 0.15) is 34.6 Å². The molecule has 0 amide bonds. The topological polar surface area (TPSA) is 49.8 Å². The molecule has 4 heteroatoms. The third-order valence-electron chi connectivity index (χ3n) is 4.38. The molecule has 2 atom stereocenters. The van der Waals surface area contributed by atoms with Crippen molar-refractivity contribution in [2.24, 2.45) is 5.73 Å². The fraction of sp³-hybridized carbons (Fsp3) is 0.278. The van der Waals surface area contributed by atoms with Crippen LogP contribution in [-0.2, 0) is 12.8 Å². The molecule has 0 saturated heterocycles. The van der Waals surface area contributed by atoms with Crippen LogP contribution in [0.15, 0.2) is 36.4 Å². The summed E-state index contributed by atoms with van der Waals surface area (Å²) in [7, 11) is 0. The van der Waals surface area contributed by atoms with E-state index in [2.05, 4.69) is 12.1 Å². The predicted octanol–water partition coefficient (Wildman–Crippen LogP) is 4.46. The minimum absolute atomic E-state index is 0.0934. The largest absolute Gasteiger partial charge is 0.327 e. The highest BCUT2D eigenvalue weighted by atomic mass is 35.5. The van der Waals surface area contributed by atoms with Gasteiger partial charge in [-0.05, 0) is 60.2 Å². The van der Waals surface area contributed by atoms with E-state index >= 15 is 0 Å². The SMILES string of the molecule is N#Cc1ccc2c(c1)C(Cc1ccc(Cl)c(Cl)c1)C(N)CC2. The molecule has 2 N–H and O–H groups in total. The van der Waals surface area contributed by atoms with Crippen LogP contribution >= 0.6 is 23.2 Å². The number of nitriles is 1. The molecule has 0 aliphatic heterocycles. The lowest BCUT2D eigenvalue weighted by Gasteiger charge is -2.31. The van der Waals surface area contributed by atoms with Gasteiger partial charge in [-0.25, -0.2) is 0 Å². The summed E-state index contributed by atoms with van der Waals surface area (Å²) in [5.74, 6) is 0.203. The van der Waals surface area contributed by atoms with Gasteiger partial charge in [-0.3, -0.25) is 0 Å². The average Bonchev–Trinajstić information content (AvgIpc) is 2.53. The minimum Gasteiger partial charge on any atom is -0.327 e. The van der Waals surface area contributed by atoms with Gasteiger partial charge in [-0.2, -0.15) is 5.26 Å². The number of rotatable bonds is 2. The lowest BCUT2D eigenvalue weighted by molar-refractivity contribution is 0.467. The monoisotopic (exact) mass is 330 g/mol. The average molecular weight is 331 g/mol. The Morgan fingerprint density at radius 1 is 1.14 bits per heavy atom. The van der Waals surface area contributed by atoms with E-state index in [0.29, 0.717) is 15.6 Å². The molecule has 2 aromatic rings. The molecule has 112 valence electrons. The van der Waals surface area contributed by atoms with Crippen molar-refractivity contribution in [2.75, 3.05) is 0 Å². The Labute approximate surface area is 140 Å². The van der Waals surface area contributed by atoms with Crippen molar-refractivity contribution in [1.82, 2.24) is 0 Å². The van der Waals surface area contributed by atoms with E-state index in [4.69, 9.17) is 34.2 Å². The van der Waals surface area contributed by atoms with Gasteiger partial charge in [0, 0.05) is 12.0 Å². The third kappa shape index (κ3) is 2.98. The van der Waals surface area contributed by atoms with Crippen molar-refractivity contribution in [2.45, 2.75) is 31.2 Å². The number of hydrogen-bond acceptors (Lipinski definition) is 2. The molecule has 0 radical (unpaired) electrons. The van der Waals surface area contributed by atoms with Crippen LogP contribution < -0.4 is 5.73 Å². The van der Waals surface area contributed by atoms with E-state index in [-0.39, 0.29) is 12.0 Å². The summed E-state index contributed by atoms with van der Waals surface area (Å²) in [6.45, 7) is 0. The first kappa shape index (κ1) is 15.4. The van der Waals surface area contributed by atoms with Crippen molar-refractivity contribution in [3.63, 3.8) is 0 Å². The van der Waals surface area contributed by atoms with Crippen LogP contribution in [0.4, 0.5) is 0 Å². The Morgan fingerprint density at radius 3 is 2.68 bits per heavy atom. The van der Waals surface area contributed by atoms with Gasteiger partial charge in [0.25, 0.3) is 0 Å². The zero-order valence-electron chi connectivity index (χ0n) is 12.0. The summed E-state index contributed by atoms with van der Waals surface area (Å²) in [6.07, 6.45) is 2.74. The first-order valence-electron chi connectivity index (χ1n) is 7.31. The number of nitrogens with two attached hydrogens (primary N) is 1. The Balaban J connectivity index is 1.96. The highest BCUT2D eigenvalue weighted by Crippen LogP contribution is 2.35. The molecule has 0 fully saturated rings. The molecule has 0 heterocycles. The highest BCUT2D eigenvalue weighted by Gasteiger charge is 2.27. The number of halogens is 2. The number of nitrogens with zero attached hydrogens (tertiary/aromatic N) is 1. The third-order valence-corrected chi connectivity index (χ3v) is 5.12. The summed E-state index contributed by atoms with van der Waals surface area (Å²) in [5.41, 5.74) is 10.7. The zero-order chi connectivity index (χ0) is 15.7. The van der Waals surface area contributed by atoms with Crippen LogP contribution in [0, 0.1) is 11.3 Å². The Bertz CT molecular complexity index is 749. The van der Waals surface area contributed by atoms with Crippen LogP contribution in [0.3, 0.4) is 0 Å². The van der Waals surface area contributed by atoms with Crippen molar-refractivity contribution >= 4 is 23.2 Å². The van der Waals surface area contributed by atoms with Crippen LogP contribution in [-0.4, -0.2) is 6.04 Å². The second kappa shape index (κ2) is 6.30. The second-order valence-electron chi connectivity index (χ2n) is 5.79. The second-order valence-corrected chi connectivity index (χ2v) is 6.60. The number of fused-ring (bicyclic) bond motifs is 1. The maximum Gasteiger partial charge on any atom is 0.0991 e. The molecular weight excluding hydrogens is 315 g/mol. The van der Waals surface area contributed by atoms with Crippen molar-refractivity contribution < 1.29 is 0 Å². The summed E-state index contributed by atoms with van der Waals surface area (Å²) in [6, 6.07) is 13.9. The maximum absolute atomic E-state index is 9.13. The molecule has 0 aromatic heterocycles. The summed E-state index contributed by atoms with van der Waals surface area (Å²) >= 11 is 12.1. The van der Waals surface area contributed by atoms with Gasteiger partial charge in [0.1, 0.15) is 0 Å². The predicted molar refractivity (Wildman–Crippen MR) is 90.4 cm³/mol. The lowest BCUT2D eigenvalue weighted by Crippen LogP contribution is -2.34. The summed E-state index contributed by atoms with van der Waals surface area (Å²) in [4.78, 5) is 0. The normalized spacial score (nSPS) is 20.3. The molecule has 0 spiro atoms. The van der Waals surface area contributed by atoms with E-state index in [1.54, 1.807) is 0 Å². The first-order chi connectivity index (χ1) is 10.6. The quantitative estimate of drug-likeness (QED) is 0.883. The van der Waals surface area contributed by atoms with Gasteiger partial charge in [-0.15, -0.1) is 0 Å². The van der Waals surface area contributed by atoms with Crippen LogP contribution in [0.5, 0.6) is 0 Å². The van der Waals surface area contributed by atoms with Crippen LogP contribution in [0.2, 0.25) is 10.0 Å². The lowest BCUT2D eigenvalue weighted by atomic mass is 9.76. The molecule has 3 rings (SSSR count). The highest BCUT2D eigenvalue weighted by molar-refractivity contribution is 6.42. The molecule has 2 unspecified atom stereocenters. The van der Waals surface area contributed by atoms with Gasteiger partial charge in [0.15, 0.2) is 0 Å². The van der Waals surface area contributed by atoms with Crippen molar-refractivity contribution in [3.05, 3.63) is 68.7 Å². The number of hydrogen-bond donors (Lipinski definition) is 1. The Morgan fingerprint density at radius 2 is 1.95 bits per heavy atom. The number of aryl methyl sites for hydroxylation is 1. The molecule has 0 saturated carbocycles. The molecule has 2 aromatic carbocycles. The molecule has 1 aliphatic rings. The smallest absolute Gasteiger partial charge is 0.0991 e. The fourth-order valence-corrected chi connectivity index (χ4v) is 3.49. The van der Waals surface area contributed by atoms with Gasteiger partial charge >= 0.3 is 0 Å². The van der Waals surface area contributed by atoms with Crippen molar-refractivity contribution in [1.29, 1.82) is 5.26 Å². The van der Waals surface area contributed by atoms with Crippen molar-refractivity contribution in [3.8, 4) is 6.07 Å². The Hall–Kier alpha value is -1.53. The van der Waals surface area contributed by atoms with E-state index in [1.165, 1.54) is 11.1 Å². The van der Waals surface area contributed by atoms with Gasteiger partial charge < -0.3 is 5.73 Å². The molecule has 2 nitrogen and oxygen atoms in total. The maximum atomic E-state index is 9.13. The van der Waals surface area contributed by atoms with E-state index < -0.39 is 0 Å². The molecular formula is C18H16Cl2N2. The molecule has 0 bridgehead atoms. The standard InChI is InChI=1S/C18H16Cl2N2/c19-16-5-2-11(9-17(16)20)7-15-14-8-12(10-21)1-3-13(14)4-6-18(15)22/h1-3,5,8-9,15,18H,4,6-7,22H2. The molecule has 1 aliphatic carbocycles.